The van der Waals surface area contributed by atoms with Crippen molar-refractivity contribution in [2.75, 3.05) is 19.0 Å². The van der Waals surface area contributed by atoms with E-state index in [1.807, 2.05) is 30.3 Å². The van der Waals surface area contributed by atoms with Gasteiger partial charge in [-0.15, -0.1) is 0 Å². The summed E-state index contributed by atoms with van der Waals surface area (Å²) in [5, 5.41) is 2.81. The Hall–Kier alpha value is -5.18. The maximum atomic E-state index is 14.5. The highest BCUT2D eigenvalue weighted by atomic mass is 19.1. The van der Waals surface area contributed by atoms with E-state index in [1.54, 1.807) is 66.2 Å². The Morgan fingerprint density at radius 3 is 2.58 bits per heavy atom. The molecular formula is C31H27FN4O4. The van der Waals surface area contributed by atoms with Crippen molar-refractivity contribution in [1.29, 1.82) is 0 Å². The van der Waals surface area contributed by atoms with Crippen LogP contribution >= 0.6 is 0 Å². The number of benzene rings is 3. The number of nitrogens with one attached hydrogen (secondary N) is 1. The van der Waals surface area contributed by atoms with E-state index in [0.717, 1.165) is 5.56 Å². The maximum Gasteiger partial charge on any atom is 0.254 e. The quantitative estimate of drug-likeness (QED) is 0.254. The van der Waals surface area contributed by atoms with Gasteiger partial charge in [-0.25, -0.2) is 9.37 Å². The zero-order chi connectivity index (χ0) is 28.1. The topological polar surface area (TPSA) is 89.6 Å². The van der Waals surface area contributed by atoms with Gasteiger partial charge >= 0.3 is 0 Å². The standard InChI is InChI=1S/C31H27FN4O4/c1-21-13-14-24(17-27(21)32)36-19-28(22-8-4-3-5-9-22)33-31(36)34-29(37)20-35(18-26-12-7-15-40-26)30(38)23-10-6-11-25(16-23)39-2/h3-17,19H,18,20H2,1-2H3,(H,33,34,37). The summed E-state index contributed by atoms with van der Waals surface area (Å²) in [5.74, 6) is -0.000519. The normalized spacial score (nSPS) is 10.8. The average Bonchev–Trinajstić information content (AvgIpc) is 3.64. The third-order valence-electron chi connectivity index (χ3n) is 6.33. The lowest BCUT2D eigenvalue weighted by Crippen LogP contribution is -2.37. The predicted molar refractivity (Wildman–Crippen MR) is 149 cm³/mol. The molecule has 0 saturated heterocycles. The first-order valence-electron chi connectivity index (χ1n) is 12.6. The smallest absolute Gasteiger partial charge is 0.254 e. The van der Waals surface area contributed by atoms with Gasteiger partial charge in [0.25, 0.3) is 5.91 Å². The number of carbonyl (C=O) groups is 2. The van der Waals surface area contributed by atoms with E-state index in [4.69, 9.17) is 9.15 Å². The number of imidazole rings is 1. The Morgan fingerprint density at radius 2 is 1.85 bits per heavy atom. The number of halogens is 1. The molecule has 2 amide bonds. The first kappa shape index (κ1) is 26.4. The molecule has 2 heterocycles. The number of hydrogen-bond acceptors (Lipinski definition) is 5. The monoisotopic (exact) mass is 538 g/mol. The number of ether oxygens (including phenoxy) is 1. The van der Waals surface area contributed by atoms with E-state index < -0.39 is 5.91 Å². The van der Waals surface area contributed by atoms with E-state index in [0.29, 0.717) is 34.0 Å². The molecular weight excluding hydrogens is 511 g/mol. The average molecular weight is 539 g/mol. The van der Waals surface area contributed by atoms with Crippen LogP contribution in [0.3, 0.4) is 0 Å². The molecule has 2 aromatic heterocycles. The highest BCUT2D eigenvalue weighted by Crippen LogP contribution is 2.25. The van der Waals surface area contributed by atoms with Crippen molar-refractivity contribution in [3.63, 3.8) is 0 Å². The molecule has 40 heavy (non-hydrogen) atoms. The Morgan fingerprint density at radius 1 is 1.02 bits per heavy atom. The molecule has 5 rings (SSSR count). The number of amides is 2. The fourth-order valence-corrected chi connectivity index (χ4v) is 4.21. The third-order valence-corrected chi connectivity index (χ3v) is 6.33. The summed E-state index contributed by atoms with van der Waals surface area (Å²) in [6.45, 7) is 1.47. The molecule has 0 radical (unpaired) electrons. The second-order valence-electron chi connectivity index (χ2n) is 9.14. The lowest BCUT2D eigenvalue weighted by atomic mass is 10.2. The lowest BCUT2D eigenvalue weighted by molar-refractivity contribution is -0.117. The lowest BCUT2D eigenvalue weighted by Gasteiger charge is -2.21. The number of carbonyl (C=O) groups excluding carboxylic acids is 2. The van der Waals surface area contributed by atoms with E-state index >= 15 is 0 Å². The van der Waals surface area contributed by atoms with Gasteiger partial charge in [0.05, 0.1) is 31.3 Å². The summed E-state index contributed by atoms with van der Waals surface area (Å²) >= 11 is 0. The van der Waals surface area contributed by atoms with E-state index in [1.165, 1.54) is 24.3 Å². The molecule has 0 spiro atoms. The van der Waals surface area contributed by atoms with E-state index in [-0.39, 0.29) is 30.8 Å². The molecule has 9 heteroatoms. The molecule has 0 aliphatic rings. The van der Waals surface area contributed by atoms with Gasteiger partial charge in [-0.2, -0.15) is 0 Å². The van der Waals surface area contributed by atoms with Crippen molar-refractivity contribution in [2.45, 2.75) is 13.5 Å². The summed E-state index contributed by atoms with van der Waals surface area (Å²) in [6.07, 6.45) is 3.24. The van der Waals surface area contributed by atoms with Crippen molar-refractivity contribution in [1.82, 2.24) is 14.5 Å². The number of hydrogen-bond donors (Lipinski definition) is 1. The highest BCUT2D eigenvalue weighted by molar-refractivity contribution is 5.99. The number of aromatic nitrogens is 2. The Balaban J connectivity index is 1.44. The van der Waals surface area contributed by atoms with E-state index in [2.05, 4.69) is 10.3 Å². The van der Waals surface area contributed by atoms with Crippen molar-refractivity contribution in [2.24, 2.45) is 0 Å². The molecule has 0 bridgehead atoms. The minimum Gasteiger partial charge on any atom is -0.497 e. The van der Waals surface area contributed by atoms with Crippen LogP contribution < -0.4 is 10.1 Å². The Labute approximate surface area is 230 Å². The summed E-state index contributed by atoms with van der Waals surface area (Å²) in [4.78, 5) is 32.8. The minimum absolute atomic E-state index is 0.0728. The van der Waals surface area contributed by atoms with Crippen molar-refractivity contribution in [3.8, 4) is 22.7 Å². The molecule has 3 aromatic carbocycles. The number of methoxy groups -OCH3 is 1. The van der Waals surface area contributed by atoms with Crippen LogP contribution in [-0.2, 0) is 11.3 Å². The fraction of sp³-hybridized carbons (Fsp3) is 0.129. The van der Waals surface area contributed by atoms with Crippen molar-refractivity contribution < 1.29 is 23.1 Å². The van der Waals surface area contributed by atoms with Crippen molar-refractivity contribution in [3.05, 3.63) is 120 Å². The zero-order valence-electron chi connectivity index (χ0n) is 22.0. The van der Waals surface area contributed by atoms with Crippen molar-refractivity contribution >= 4 is 17.8 Å². The van der Waals surface area contributed by atoms with Crippen LogP contribution in [0.15, 0.2) is 102 Å². The van der Waals surface area contributed by atoms with Gasteiger partial charge in [0, 0.05) is 17.3 Å². The maximum absolute atomic E-state index is 14.5. The van der Waals surface area contributed by atoms with Gasteiger partial charge < -0.3 is 14.1 Å². The molecule has 0 unspecified atom stereocenters. The molecule has 202 valence electrons. The van der Waals surface area contributed by atoms with Crippen LogP contribution in [-0.4, -0.2) is 39.9 Å². The first-order valence-corrected chi connectivity index (χ1v) is 12.6. The van der Waals surface area contributed by atoms with Crippen LogP contribution in [0.25, 0.3) is 16.9 Å². The van der Waals surface area contributed by atoms with Crippen LogP contribution in [0.4, 0.5) is 10.3 Å². The summed E-state index contributed by atoms with van der Waals surface area (Å²) < 4.78 is 26.8. The number of aryl methyl sites for hydroxylation is 1. The van der Waals surface area contributed by atoms with E-state index in [9.17, 15) is 14.0 Å². The van der Waals surface area contributed by atoms with Gasteiger partial charge in [0.2, 0.25) is 11.9 Å². The van der Waals surface area contributed by atoms with Gasteiger partial charge in [-0.3, -0.25) is 19.5 Å². The molecule has 0 atom stereocenters. The molecule has 0 saturated carbocycles. The molecule has 0 aliphatic heterocycles. The number of rotatable bonds is 9. The molecule has 1 N–H and O–H groups in total. The second kappa shape index (κ2) is 11.7. The number of nitrogens with zero attached hydrogens (tertiary/aromatic N) is 3. The molecule has 0 aliphatic carbocycles. The third kappa shape index (κ3) is 5.94. The summed E-state index contributed by atoms with van der Waals surface area (Å²) in [6, 6.07) is 24.4. The highest BCUT2D eigenvalue weighted by Gasteiger charge is 2.23. The van der Waals surface area contributed by atoms with Crippen LogP contribution in [0.1, 0.15) is 21.7 Å². The van der Waals surface area contributed by atoms with Gasteiger partial charge in [0.15, 0.2) is 0 Å². The molecule has 5 aromatic rings. The van der Waals surface area contributed by atoms with Gasteiger partial charge in [0.1, 0.15) is 23.9 Å². The van der Waals surface area contributed by atoms with Crippen LogP contribution in [0.2, 0.25) is 0 Å². The fourth-order valence-electron chi connectivity index (χ4n) is 4.21. The zero-order valence-corrected chi connectivity index (χ0v) is 22.0. The molecule has 0 fully saturated rings. The number of anilines is 1. The molecule has 8 nitrogen and oxygen atoms in total. The second-order valence-corrected chi connectivity index (χ2v) is 9.14. The Kier molecular flexibility index (Phi) is 7.72. The van der Waals surface area contributed by atoms with Crippen LogP contribution in [0.5, 0.6) is 5.75 Å². The number of furan rings is 1. The Bertz CT molecular complexity index is 1630. The van der Waals surface area contributed by atoms with Gasteiger partial charge in [-0.05, 0) is 55.0 Å². The summed E-state index contributed by atoms with van der Waals surface area (Å²) in [7, 11) is 1.52. The SMILES string of the molecule is COc1cccc(C(=O)N(CC(=O)Nc2nc(-c3ccccc3)cn2-c2ccc(C)c(F)c2)Cc2ccco2)c1. The largest absolute Gasteiger partial charge is 0.497 e. The van der Waals surface area contributed by atoms with Gasteiger partial charge in [-0.1, -0.05) is 42.5 Å². The minimum atomic E-state index is -0.484. The summed E-state index contributed by atoms with van der Waals surface area (Å²) in [5.41, 5.74) is 2.78. The van der Waals surface area contributed by atoms with Crippen LogP contribution in [0, 0.1) is 12.7 Å². The predicted octanol–water partition coefficient (Wildman–Crippen LogP) is 5.87. The first-order chi connectivity index (χ1) is 19.4.